The van der Waals surface area contributed by atoms with Crippen LogP contribution in [0.1, 0.15) is 41.8 Å². The third kappa shape index (κ3) is 3.06. The van der Waals surface area contributed by atoms with Gasteiger partial charge in [-0.3, -0.25) is 0 Å². The zero-order valence-electron chi connectivity index (χ0n) is 16.4. The number of ether oxygens (including phenoxy) is 1. The fraction of sp³-hybridized carbons (Fsp3) is 0.550. The van der Waals surface area contributed by atoms with Gasteiger partial charge in [-0.2, -0.15) is 19.7 Å². The van der Waals surface area contributed by atoms with Crippen molar-refractivity contribution < 1.29 is 4.74 Å². The van der Waals surface area contributed by atoms with E-state index in [-0.39, 0.29) is 0 Å². The third-order valence-corrected chi connectivity index (χ3v) is 6.05. The van der Waals surface area contributed by atoms with Crippen molar-refractivity contribution in [2.24, 2.45) is 5.92 Å². The van der Waals surface area contributed by atoms with Crippen molar-refractivity contribution in [3.05, 3.63) is 34.9 Å². The Bertz CT molecular complexity index is 1010. The highest BCUT2D eigenvalue weighted by Gasteiger charge is 2.24. The first-order chi connectivity index (χ1) is 13.7. The molecule has 8 nitrogen and oxygen atoms in total. The minimum Gasteiger partial charge on any atom is -0.476 e. The summed E-state index contributed by atoms with van der Waals surface area (Å²) in [5.41, 5.74) is 4.63. The number of aromatic nitrogens is 6. The standard InChI is InChI=1S/C20H25N7O/c1-13-14(2)23-20-21-12-22-27(20)19(13)26-8-6-15(7-9-26)11-28-18-10-16-4-3-5-17(16)24-25-18/h10,12,15H,3-9,11H2,1-2H3. The van der Waals surface area contributed by atoms with Gasteiger partial charge in [0.05, 0.1) is 12.3 Å². The molecule has 1 saturated heterocycles. The van der Waals surface area contributed by atoms with Crippen LogP contribution < -0.4 is 9.64 Å². The topological polar surface area (TPSA) is 81.3 Å². The van der Waals surface area contributed by atoms with Crippen LogP contribution in [0.3, 0.4) is 0 Å². The number of hydrogen-bond acceptors (Lipinski definition) is 7. The van der Waals surface area contributed by atoms with Gasteiger partial charge in [0.15, 0.2) is 0 Å². The smallest absolute Gasteiger partial charge is 0.254 e. The minimum atomic E-state index is 0.529. The van der Waals surface area contributed by atoms with Crippen molar-refractivity contribution in [1.29, 1.82) is 0 Å². The monoisotopic (exact) mass is 379 g/mol. The van der Waals surface area contributed by atoms with Crippen molar-refractivity contribution in [1.82, 2.24) is 29.8 Å². The number of rotatable bonds is 4. The molecule has 0 spiro atoms. The molecule has 0 atom stereocenters. The SMILES string of the molecule is Cc1nc2ncnn2c(N2CCC(COc3cc4c(nn3)CCC4)CC2)c1C. The summed E-state index contributed by atoms with van der Waals surface area (Å²) in [7, 11) is 0. The van der Waals surface area contributed by atoms with Crippen molar-refractivity contribution in [3.63, 3.8) is 0 Å². The van der Waals surface area contributed by atoms with Gasteiger partial charge in [-0.05, 0) is 57.4 Å². The summed E-state index contributed by atoms with van der Waals surface area (Å²) in [6.45, 7) is 6.80. The van der Waals surface area contributed by atoms with Crippen LogP contribution >= 0.6 is 0 Å². The maximum absolute atomic E-state index is 5.98. The molecule has 1 aliphatic carbocycles. The van der Waals surface area contributed by atoms with Gasteiger partial charge < -0.3 is 9.64 Å². The molecule has 0 N–H and O–H groups in total. The van der Waals surface area contributed by atoms with Gasteiger partial charge in [0.25, 0.3) is 5.78 Å². The first-order valence-electron chi connectivity index (χ1n) is 10.1. The van der Waals surface area contributed by atoms with Gasteiger partial charge in [0.2, 0.25) is 5.88 Å². The highest BCUT2D eigenvalue weighted by atomic mass is 16.5. The molecular weight excluding hydrogens is 354 g/mol. The fourth-order valence-electron chi connectivity index (χ4n) is 4.28. The van der Waals surface area contributed by atoms with E-state index >= 15 is 0 Å². The van der Waals surface area contributed by atoms with E-state index in [0.29, 0.717) is 24.2 Å². The summed E-state index contributed by atoms with van der Waals surface area (Å²) in [6, 6.07) is 2.08. The van der Waals surface area contributed by atoms with Gasteiger partial charge in [-0.25, -0.2) is 4.98 Å². The molecule has 3 aromatic heterocycles. The Balaban J connectivity index is 1.24. The fourth-order valence-corrected chi connectivity index (χ4v) is 4.28. The summed E-state index contributed by atoms with van der Waals surface area (Å²) < 4.78 is 7.84. The lowest BCUT2D eigenvalue weighted by Crippen LogP contribution is -2.37. The normalized spacial score (nSPS) is 17.3. The van der Waals surface area contributed by atoms with Gasteiger partial charge >= 0.3 is 0 Å². The Hall–Kier alpha value is -2.77. The van der Waals surface area contributed by atoms with E-state index in [1.165, 1.54) is 17.5 Å². The number of hydrogen-bond donors (Lipinski definition) is 0. The first kappa shape index (κ1) is 17.3. The predicted octanol–water partition coefficient (Wildman–Crippen LogP) is 2.32. The predicted molar refractivity (Wildman–Crippen MR) is 105 cm³/mol. The molecule has 28 heavy (non-hydrogen) atoms. The molecule has 5 rings (SSSR count). The number of anilines is 1. The zero-order valence-corrected chi connectivity index (χ0v) is 16.4. The summed E-state index contributed by atoms with van der Waals surface area (Å²) in [5.74, 6) is 2.98. The van der Waals surface area contributed by atoms with Crippen LogP contribution in [0.15, 0.2) is 12.4 Å². The summed E-state index contributed by atoms with van der Waals surface area (Å²) >= 11 is 0. The van der Waals surface area contributed by atoms with Crippen LogP contribution in [0.5, 0.6) is 5.88 Å². The largest absolute Gasteiger partial charge is 0.476 e. The number of fused-ring (bicyclic) bond motifs is 2. The van der Waals surface area contributed by atoms with Crippen molar-refractivity contribution >= 4 is 11.6 Å². The van der Waals surface area contributed by atoms with Crippen molar-refractivity contribution in [3.8, 4) is 5.88 Å². The van der Waals surface area contributed by atoms with E-state index < -0.39 is 0 Å². The van der Waals surface area contributed by atoms with E-state index in [4.69, 9.17) is 4.74 Å². The van der Waals surface area contributed by atoms with Gasteiger partial charge in [-0.1, -0.05) is 0 Å². The molecule has 1 fully saturated rings. The van der Waals surface area contributed by atoms with Gasteiger partial charge in [0, 0.05) is 30.4 Å². The lowest BCUT2D eigenvalue weighted by atomic mass is 9.97. The van der Waals surface area contributed by atoms with Crippen LogP contribution in [0.25, 0.3) is 5.78 Å². The average molecular weight is 379 g/mol. The Morgan fingerprint density at radius 2 is 2.00 bits per heavy atom. The molecule has 146 valence electrons. The average Bonchev–Trinajstić information content (AvgIpc) is 3.36. The number of nitrogens with zero attached hydrogens (tertiary/aromatic N) is 7. The van der Waals surface area contributed by atoms with Crippen LogP contribution in [0.4, 0.5) is 5.82 Å². The second-order valence-corrected chi connectivity index (χ2v) is 7.87. The van der Waals surface area contributed by atoms with Crippen LogP contribution in [0.2, 0.25) is 0 Å². The Morgan fingerprint density at radius 1 is 1.14 bits per heavy atom. The molecule has 1 aliphatic heterocycles. The number of aryl methyl sites for hydroxylation is 3. The summed E-state index contributed by atoms with van der Waals surface area (Å²) in [6.07, 6.45) is 7.06. The van der Waals surface area contributed by atoms with Gasteiger partial charge in [0.1, 0.15) is 12.1 Å². The van der Waals surface area contributed by atoms with E-state index in [1.54, 1.807) is 6.33 Å². The maximum atomic E-state index is 5.98. The molecule has 2 aliphatic rings. The molecule has 0 unspecified atom stereocenters. The third-order valence-electron chi connectivity index (χ3n) is 6.05. The van der Waals surface area contributed by atoms with Crippen LogP contribution in [0, 0.1) is 19.8 Å². The summed E-state index contributed by atoms with van der Waals surface area (Å²) in [4.78, 5) is 11.2. The Morgan fingerprint density at radius 3 is 2.86 bits per heavy atom. The van der Waals surface area contributed by atoms with E-state index in [9.17, 15) is 0 Å². The van der Waals surface area contributed by atoms with E-state index in [1.807, 2.05) is 11.4 Å². The second-order valence-electron chi connectivity index (χ2n) is 7.87. The maximum Gasteiger partial charge on any atom is 0.254 e. The molecular formula is C20H25N7O. The minimum absolute atomic E-state index is 0.529. The molecule has 0 bridgehead atoms. The highest BCUT2D eigenvalue weighted by Crippen LogP contribution is 2.28. The van der Waals surface area contributed by atoms with Crippen LogP contribution in [-0.2, 0) is 12.8 Å². The Labute approximate surface area is 164 Å². The zero-order chi connectivity index (χ0) is 19.1. The molecule has 0 radical (unpaired) electrons. The summed E-state index contributed by atoms with van der Waals surface area (Å²) in [5, 5.41) is 12.9. The number of piperidine rings is 1. The molecule has 8 heteroatoms. The van der Waals surface area contributed by atoms with Crippen molar-refractivity contribution in [2.75, 3.05) is 24.6 Å². The van der Waals surface area contributed by atoms with E-state index in [0.717, 1.165) is 56.0 Å². The lowest BCUT2D eigenvalue weighted by molar-refractivity contribution is 0.213. The lowest BCUT2D eigenvalue weighted by Gasteiger charge is -2.34. The molecule has 3 aromatic rings. The van der Waals surface area contributed by atoms with E-state index in [2.05, 4.69) is 43.2 Å². The first-order valence-corrected chi connectivity index (χ1v) is 10.1. The van der Waals surface area contributed by atoms with Crippen molar-refractivity contribution in [2.45, 2.75) is 46.0 Å². The van der Waals surface area contributed by atoms with Gasteiger partial charge in [-0.15, -0.1) is 5.10 Å². The highest BCUT2D eigenvalue weighted by molar-refractivity contribution is 5.54. The second kappa shape index (κ2) is 7.00. The quantitative estimate of drug-likeness (QED) is 0.688. The molecule has 0 aromatic carbocycles. The molecule has 0 amide bonds. The Kier molecular flexibility index (Phi) is 4.33. The van der Waals surface area contributed by atoms with Crippen LogP contribution in [-0.4, -0.2) is 49.5 Å². The molecule has 4 heterocycles. The molecule has 0 saturated carbocycles.